The molecule has 2 aromatic heterocycles. The van der Waals surface area contributed by atoms with Gasteiger partial charge in [0.1, 0.15) is 0 Å². The van der Waals surface area contributed by atoms with E-state index in [0.29, 0.717) is 17.8 Å². The highest BCUT2D eigenvalue weighted by Gasteiger charge is 2.21. The van der Waals surface area contributed by atoms with Gasteiger partial charge in [-0.1, -0.05) is 12.1 Å². The number of likely N-dealkylation sites (tertiary alicyclic amines) is 1. The molecule has 1 aliphatic heterocycles. The molecule has 0 bridgehead atoms. The van der Waals surface area contributed by atoms with E-state index in [4.69, 9.17) is 0 Å². The number of carbonyl (C=O) groups excluding carboxylic acids is 2. The van der Waals surface area contributed by atoms with Crippen molar-refractivity contribution in [1.29, 1.82) is 0 Å². The van der Waals surface area contributed by atoms with E-state index in [-0.39, 0.29) is 18.0 Å². The molecule has 7 nitrogen and oxygen atoms in total. The van der Waals surface area contributed by atoms with Gasteiger partial charge in [0.15, 0.2) is 0 Å². The Morgan fingerprint density at radius 2 is 1.88 bits per heavy atom. The second kappa shape index (κ2) is 10.9. The van der Waals surface area contributed by atoms with Crippen LogP contribution in [-0.4, -0.2) is 41.0 Å². The van der Waals surface area contributed by atoms with E-state index in [1.807, 2.05) is 42.0 Å². The second-order valence-corrected chi connectivity index (χ2v) is 8.88. The number of nitrogens with one attached hydrogen (secondary N) is 3. The zero-order valence-corrected chi connectivity index (χ0v) is 18.6. The molecule has 4 rings (SSSR count). The van der Waals surface area contributed by atoms with Crippen molar-refractivity contribution in [3.63, 3.8) is 0 Å². The van der Waals surface area contributed by atoms with Crippen LogP contribution in [0.3, 0.4) is 0 Å². The number of carbonyl (C=O) groups is 2. The average Bonchev–Trinajstić information content (AvgIpc) is 3.33. The van der Waals surface area contributed by atoms with Gasteiger partial charge in [-0.2, -0.15) is 0 Å². The molecule has 0 spiro atoms. The number of hydrogen-bond donors (Lipinski definition) is 3. The van der Waals surface area contributed by atoms with Crippen molar-refractivity contribution in [2.24, 2.45) is 0 Å². The summed E-state index contributed by atoms with van der Waals surface area (Å²) in [5.74, 6) is -0.163. The molecule has 8 heteroatoms. The fourth-order valence-corrected chi connectivity index (χ4v) is 4.40. The highest BCUT2D eigenvalue weighted by atomic mass is 32.1. The van der Waals surface area contributed by atoms with Gasteiger partial charge in [-0.3, -0.25) is 14.7 Å². The topological polar surface area (TPSA) is 86.4 Å². The summed E-state index contributed by atoms with van der Waals surface area (Å²) >= 11 is 1.60. The van der Waals surface area contributed by atoms with Crippen LogP contribution in [-0.2, 0) is 13.1 Å². The number of pyridine rings is 1. The van der Waals surface area contributed by atoms with Gasteiger partial charge in [-0.15, -0.1) is 11.3 Å². The third kappa shape index (κ3) is 6.38. The summed E-state index contributed by atoms with van der Waals surface area (Å²) in [5, 5.41) is 10.8. The molecule has 1 fully saturated rings. The summed E-state index contributed by atoms with van der Waals surface area (Å²) in [6.45, 7) is 3.28. The Kier molecular flexibility index (Phi) is 7.47. The van der Waals surface area contributed by atoms with Crippen LogP contribution in [0.25, 0.3) is 0 Å². The molecular weight excluding hydrogens is 422 g/mol. The van der Waals surface area contributed by atoms with E-state index >= 15 is 0 Å². The molecule has 3 amide bonds. The Hall–Kier alpha value is -3.23. The fourth-order valence-electron chi connectivity index (χ4n) is 3.76. The van der Waals surface area contributed by atoms with Crippen LogP contribution in [0.4, 0.5) is 10.5 Å². The van der Waals surface area contributed by atoms with E-state index in [9.17, 15) is 9.59 Å². The predicted octanol–water partition coefficient (Wildman–Crippen LogP) is 3.86. The third-order valence-corrected chi connectivity index (χ3v) is 6.34. The lowest BCUT2D eigenvalue weighted by molar-refractivity contribution is 0.0951. The first-order valence-corrected chi connectivity index (χ1v) is 11.6. The molecule has 0 radical (unpaired) electrons. The summed E-state index contributed by atoms with van der Waals surface area (Å²) in [6.07, 6.45) is 5.44. The normalized spacial score (nSPS) is 14.6. The van der Waals surface area contributed by atoms with E-state index in [1.54, 1.807) is 35.6 Å². The molecule has 3 N–H and O–H groups in total. The molecule has 1 aliphatic rings. The van der Waals surface area contributed by atoms with Crippen molar-refractivity contribution in [2.45, 2.75) is 32.0 Å². The summed E-state index contributed by atoms with van der Waals surface area (Å²) < 4.78 is 0. The lowest BCUT2D eigenvalue weighted by atomic mass is 10.0. The minimum Gasteiger partial charge on any atom is -0.347 e. The molecule has 0 unspecified atom stereocenters. The van der Waals surface area contributed by atoms with E-state index in [0.717, 1.165) is 37.4 Å². The van der Waals surface area contributed by atoms with Gasteiger partial charge in [0, 0.05) is 54.2 Å². The number of piperidine rings is 1. The van der Waals surface area contributed by atoms with Crippen molar-refractivity contribution in [3.8, 4) is 0 Å². The quantitative estimate of drug-likeness (QED) is 0.511. The van der Waals surface area contributed by atoms with Gasteiger partial charge in [-0.05, 0) is 60.2 Å². The lowest BCUT2D eigenvalue weighted by Crippen LogP contribution is -2.45. The number of thiophene rings is 1. The standard InChI is InChI=1S/C24H27N5O2S/c30-23(26-16-22-5-2-14-32-22)19-3-1-4-21(15-19)28-24(31)27-20-8-12-29(13-9-20)17-18-6-10-25-11-7-18/h1-7,10-11,14-15,20H,8-9,12-13,16-17H2,(H,26,30)(H2,27,28,31). The zero-order chi connectivity index (χ0) is 22.2. The molecule has 1 saturated heterocycles. The van der Waals surface area contributed by atoms with Gasteiger partial charge < -0.3 is 16.0 Å². The van der Waals surface area contributed by atoms with Crippen LogP contribution >= 0.6 is 11.3 Å². The van der Waals surface area contributed by atoms with E-state index in [1.165, 1.54) is 5.56 Å². The Morgan fingerprint density at radius 3 is 2.62 bits per heavy atom. The van der Waals surface area contributed by atoms with Crippen molar-refractivity contribution in [3.05, 3.63) is 82.3 Å². The molecule has 3 aromatic rings. The molecule has 1 aromatic carbocycles. The minimum absolute atomic E-state index is 0.140. The zero-order valence-electron chi connectivity index (χ0n) is 17.8. The minimum atomic E-state index is -0.242. The number of anilines is 1. The maximum atomic E-state index is 12.5. The molecule has 0 saturated carbocycles. The number of urea groups is 1. The highest BCUT2D eigenvalue weighted by Crippen LogP contribution is 2.15. The van der Waals surface area contributed by atoms with Gasteiger partial charge in [0.05, 0.1) is 6.54 Å². The summed E-state index contributed by atoms with van der Waals surface area (Å²) in [6, 6.07) is 14.9. The van der Waals surface area contributed by atoms with E-state index < -0.39 is 0 Å². The number of aromatic nitrogens is 1. The largest absolute Gasteiger partial charge is 0.347 e. The first-order valence-electron chi connectivity index (χ1n) is 10.7. The monoisotopic (exact) mass is 449 g/mol. The fraction of sp³-hybridized carbons (Fsp3) is 0.292. The first-order chi connectivity index (χ1) is 15.7. The predicted molar refractivity (Wildman–Crippen MR) is 127 cm³/mol. The smallest absolute Gasteiger partial charge is 0.319 e. The first kappa shape index (κ1) is 22.0. The van der Waals surface area contributed by atoms with Crippen LogP contribution < -0.4 is 16.0 Å². The third-order valence-electron chi connectivity index (χ3n) is 5.46. The van der Waals surface area contributed by atoms with E-state index in [2.05, 4.69) is 25.8 Å². The van der Waals surface area contributed by atoms with Gasteiger partial charge >= 0.3 is 6.03 Å². The summed E-state index contributed by atoms with van der Waals surface area (Å²) in [7, 11) is 0. The SMILES string of the molecule is O=C(Nc1cccc(C(=O)NCc2cccs2)c1)NC1CCN(Cc2ccncc2)CC1. The Morgan fingerprint density at radius 1 is 1.06 bits per heavy atom. The van der Waals surface area contributed by atoms with Crippen LogP contribution in [0.1, 0.15) is 33.6 Å². The number of hydrogen-bond acceptors (Lipinski definition) is 5. The second-order valence-electron chi connectivity index (χ2n) is 7.85. The van der Waals surface area contributed by atoms with Gasteiger partial charge in [0.25, 0.3) is 5.91 Å². The van der Waals surface area contributed by atoms with Gasteiger partial charge in [0.2, 0.25) is 0 Å². The molecule has 166 valence electrons. The summed E-state index contributed by atoms with van der Waals surface area (Å²) in [4.78, 5) is 32.4. The van der Waals surface area contributed by atoms with Crippen LogP contribution in [0.15, 0.2) is 66.3 Å². The number of benzene rings is 1. The van der Waals surface area contributed by atoms with Crippen molar-refractivity contribution < 1.29 is 9.59 Å². The summed E-state index contributed by atoms with van der Waals surface area (Å²) in [5.41, 5.74) is 2.37. The Balaban J connectivity index is 1.22. The lowest BCUT2D eigenvalue weighted by Gasteiger charge is -2.32. The highest BCUT2D eigenvalue weighted by molar-refractivity contribution is 7.09. The Labute approximate surface area is 191 Å². The number of nitrogens with zero attached hydrogens (tertiary/aromatic N) is 2. The van der Waals surface area contributed by atoms with Crippen LogP contribution in [0.5, 0.6) is 0 Å². The molecule has 0 aliphatic carbocycles. The van der Waals surface area contributed by atoms with Crippen LogP contribution in [0.2, 0.25) is 0 Å². The maximum absolute atomic E-state index is 12.5. The number of amides is 3. The average molecular weight is 450 g/mol. The number of rotatable bonds is 7. The van der Waals surface area contributed by atoms with Crippen molar-refractivity contribution in [1.82, 2.24) is 20.5 Å². The van der Waals surface area contributed by atoms with Gasteiger partial charge in [-0.25, -0.2) is 4.79 Å². The van der Waals surface area contributed by atoms with Crippen molar-refractivity contribution >= 4 is 29.0 Å². The molecule has 32 heavy (non-hydrogen) atoms. The Bertz CT molecular complexity index is 1020. The molecule has 3 heterocycles. The molecular formula is C24H27N5O2S. The van der Waals surface area contributed by atoms with Crippen molar-refractivity contribution in [2.75, 3.05) is 18.4 Å². The molecule has 0 atom stereocenters. The maximum Gasteiger partial charge on any atom is 0.319 e. The van der Waals surface area contributed by atoms with Crippen LogP contribution in [0, 0.1) is 0 Å².